The van der Waals surface area contributed by atoms with Crippen LogP contribution < -0.4 is 10.6 Å². The fraction of sp³-hybridized carbons (Fsp3) is 0.375. The summed E-state index contributed by atoms with van der Waals surface area (Å²) < 4.78 is 5.28. The summed E-state index contributed by atoms with van der Waals surface area (Å²) in [6, 6.07) is 7.59. The Labute approximate surface area is 123 Å². The van der Waals surface area contributed by atoms with Crippen molar-refractivity contribution in [2.75, 3.05) is 11.9 Å². The van der Waals surface area contributed by atoms with Gasteiger partial charge in [-0.25, -0.2) is 4.98 Å². The summed E-state index contributed by atoms with van der Waals surface area (Å²) >= 11 is 0. The smallest absolute Gasteiger partial charge is 0.244 e. The van der Waals surface area contributed by atoms with Gasteiger partial charge in [0.15, 0.2) is 12.2 Å². The molecule has 1 aliphatic rings. The fourth-order valence-corrected chi connectivity index (χ4v) is 2.63. The number of nitrogens with one attached hydrogen (secondary N) is 2. The third-order valence-corrected chi connectivity index (χ3v) is 3.96. The second-order valence-electron chi connectivity index (χ2n) is 5.62. The highest BCUT2D eigenvalue weighted by atomic mass is 16.3. The van der Waals surface area contributed by atoms with Crippen molar-refractivity contribution in [3.8, 4) is 11.3 Å². The molecule has 3 rings (SSSR count). The Morgan fingerprint density at radius 1 is 1.43 bits per heavy atom. The monoisotopic (exact) mass is 285 g/mol. The molecule has 5 heteroatoms. The number of amides is 1. The van der Waals surface area contributed by atoms with Gasteiger partial charge in [-0.1, -0.05) is 12.1 Å². The predicted molar refractivity (Wildman–Crippen MR) is 80.8 cm³/mol. The van der Waals surface area contributed by atoms with E-state index in [4.69, 9.17) is 4.42 Å². The third-order valence-electron chi connectivity index (χ3n) is 3.96. The first kappa shape index (κ1) is 13.8. The number of nitrogens with zero attached hydrogens (tertiary/aromatic N) is 1. The van der Waals surface area contributed by atoms with Crippen molar-refractivity contribution in [1.82, 2.24) is 10.3 Å². The number of aromatic nitrogens is 1. The molecule has 2 heterocycles. The number of anilines is 1. The van der Waals surface area contributed by atoms with Crippen molar-refractivity contribution in [2.24, 2.45) is 0 Å². The van der Waals surface area contributed by atoms with Crippen LogP contribution in [0.2, 0.25) is 0 Å². The van der Waals surface area contributed by atoms with E-state index >= 15 is 0 Å². The summed E-state index contributed by atoms with van der Waals surface area (Å²) in [6.07, 6.45) is 6.12. The molecular formula is C16H19N3O2. The van der Waals surface area contributed by atoms with Crippen molar-refractivity contribution in [2.45, 2.75) is 31.7 Å². The first-order valence-corrected chi connectivity index (χ1v) is 7.23. The number of rotatable bonds is 3. The van der Waals surface area contributed by atoms with Gasteiger partial charge in [-0.15, -0.1) is 0 Å². The molecule has 2 N–H and O–H groups in total. The maximum atomic E-state index is 12.5. The van der Waals surface area contributed by atoms with E-state index in [2.05, 4.69) is 15.6 Å². The largest absolute Gasteiger partial charge is 0.444 e. The van der Waals surface area contributed by atoms with Crippen LogP contribution in [0.4, 0.5) is 5.69 Å². The van der Waals surface area contributed by atoms with Crippen LogP contribution in [-0.4, -0.2) is 23.0 Å². The normalized spacial score (nSPS) is 22.0. The van der Waals surface area contributed by atoms with Gasteiger partial charge in [0.1, 0.15) is 0 Å². The van der Waals surface area contributed by atoms with E-state index in [0.29, 0.717) is 5.76 Å². The number of oxazole rings is 1. The van der Waals surface area contributed by atoms with Crippen LogP contribution in [-0.2, 0) is 4.79 Å². The molecule has 21 heavy (non-hydrogen) atoms. The van der Waals surface area contributed by atoms with Crippen molar-refractivity contribution >= 4 is 11.6 Å². The van der Waals surface area contributed by atoms with E-state index in [-0.39, 0.29) is 5.91 Å². The molecule has 5 nitrogen and oxygen atoms in total. The highest BCUT2D eigenvalue weighted by Crippen LogP contribution is 2.24. The first-order valence-electron chi connectivity index (χ1n) is 7.23. The number of hydrogen-bond acceptors (Lipinski definition) is 4. The van der Waals surface area contributed by atoms with E-state index < -0.39 is 5.54 Å². The molecule has 0 spiro atoms. The molecule has 1 atom stereocenters. The predicted octanol–water partition coefficient (Wildman–Crippen LogP) is 2.81. The van der Waals surface area contributed by atoms with E-state index in [1.165, 1.54) is 6.39 Å². The van der Waals surface area contributed by atoms with Crippen LogP contribution in [0.5, 0.6) is 0 Å². The number of hydrogen-bond donors (Lipinski definition) is 2. The fourth-order valence-electron chi connectivity index (χ4n) is 2.63. The maximum absolute atomic E-state index is 12.5. The summed E-state index contributed by atoms with van der Waals surface area (Å²) in [5.74, 6) is 0.699. The summed E-state index contributed by atoms with van der Waals surface area (Å²) in [4.78, 5) is 16.4. The minimum Gasteiger partial charge on any atom is -0.444 e. The average Bonchev–Trinajstić information content (AvgIpc) is 3.02. The summed E-state index contributed by atoms with van der Waals surface area (Å²) in [7, 11) is 0. The molecule has 2 aromatic rings. The quantitative estimate of drug-likeness (QED) is 0.910. The second-order valence-corrected chi connectivity index (χ2v) is 5.62. The number of benzene rings is 1. The highest BCUT2D eigenvalue weighted by Gasteiger charge is 2.34. The van der Waals surface area contributed by atoms with Crippen LogP contribution in [0.3, 0.4) is 0 Å². The molecule has 110 valence electrons. The lowest BCUT2D eigenvalue weighted by atomic mass is 9.90. The molecular weight excluding hydrogens is 266 g/mol. The van der Waals surface area contributed by atoms with Gasteiger partial charge in [0.25, 0.3) is 0 Å². The molecule has 1 aliphatic heterocycles. The molecule has 1 aromatic carbocycles. The lowest BCUT2D eigenvalue weighted by Gasteiger charge is -2.33. The molecule has 0 bridgehead atoms. The van der Waals surface area contributed by atoms with Gasteiger partial charge >= 0.3 is 0 Å². The highest BCUT2D eigenvalue weighted by molar-refractivity contribution is 5.98. The molecule has 0 saturated carbocycles. The lowest BCUT2D eigenvalue weighted by Crippen LogP contribution is -2.54. The Morgan fingerprint density at radius 3 is 3.05 bits per heavy atom. The Bertz CT molecular complexity index is 616. The summed E-state index contributed by atoms with van der Waals surface area (Å²) in [6.45, 7) is 2.85. The number of piperidine rings is 1. The van der Waals surface area contributed by atoms with Gasteiger partial charge in [0.05, 0.1) is 11.7 Å². The summed E-state index contributed by atoms with van der Waals surface area (Å²) in [5.41, 5.74) is 1.18. The van der Waals surface area contributed by atoms with E-state index in [0.717, 1.165) is 37.1 Å². The Hall–Kier alpha value is -2.14. The molecule has 1 saturated heterocycles. The number of carbonyl (C=O) groups is 1. The topological polar surface area (TPSA) is 67.2 Å². The SMILES string of the molecule is CC1(C(=O)Nc2cccc(-c3cnco3)c2)CCCCN1. The number of carbonyl (C=O) groups excluding carboxylic acids is 1. The average molecular weight is 285 g/mol. The molecule has 0 radical (unpaired) electrons. The first-order chi connectivity index (χ1) is 10.2. The molecule has 1 amide bonds. The Kier molecular flexibility index (Phi) is 3.75. The van der Waals surface area contributed by atoms with Gasteiger partial charge in [-0.05, 0) is 44.9 Å². The van der Waals surface area contributed by atoms with Crippen LogP contribution in [0.15, 0.2) is 41.3 Å². The van der Waals surface area contributed by atoms with Crippen LogP contribution in [0.1, 0.15) is 26.2 Å². The Balaban J connectivity index is 1.76. The maximum Gasteiger partial charge on any atom is 0.244 e. The third kappa shape index (κ3) is 2.97. The lowest BCUT2D eigenvalue weighted by molar-refractivity contribution is -0.122. The van der Waals surface area contributed by atoms with Crippen molar-refractivity contribution in [1.29, 1.82) is 0 Å². The van der Waals surface area contributed by atoms with Crippen molar-refractivity contribution in [3.63, 3.8) is 0 Å². The second kappa shape index (κ2) is 5.69. The molecule has 1 aromatic heterocycles. The molecule has 1 fully saturated rings. The van der Waals surface area contributed by atoms with Gasteiger partial charge in [0.2, 0.25) is 5.91 Å². The van der Waals surface area contributed by atoms with Crippen molar-refractivity contribution in [3.05, 3.63) is 36.9 Å². The van der Waals surface area contributed by atoms with Crippen LogP contribution in [0.25, 0.3) is 11.3 Å². The van der Waals surface area contributed by atoms with Crippen LogP contribution in [0, 0.1) is 0 Å². The minimum atomic E-state index is -0.486. The van der Waals surface area contributed by atoms with Crippen LogP contribution >= 0.6 is 0 Å². The zero-order valence-corrected chi connectivity index (χ0v) is 12.1. The van der Waals surface area contributed by atoms with Gasteiger partial charge in [-0.2, -0.15) is 0 Å². The van der Waals surface area contributed by atoms with E-state index in [1.54, 1.807) is 6.20 Å². The molecule has 0 aliphatic carbocycles. The Morgan fingerprint density at radius 2 is 2.33 bits per heavy atom. The summed E-state index contributed by atoms with van der Waals surface area (Å²) in [5, 5.41) is 6.31. The zero-order valence-electron chi connectivity index (χ0n) is 12.1. The molecule has 1 unspecified atom stereocenters. The van der Waals surface area contributed by atoms with Gasteiger partial charge in [-0.3, -0.25) is 4.79 Å². The minimum absolute atomic E-state index is 0.0110. The zero-order chi connectivity index (χ0) is 14.7. The van der Waals surface area contributed by atoms with Crippen molar-refractivity contribution < 1.29 is 9.21 Å². The standard InChI is InChI=1S/C16H19N3O2/c1-16(7-2-3-8-18-16)15(20)19-13-6-4-5-12(9-13)14-10-17-11-21-14/h4-6,9-11,18H,2-3,7-8H2,1H3,(H,19,20). The van der Waals surface area contributed by atoms with E-state index in [9.17, 15) is 4.79 Å². The van der Waals surface area contributed by atoms with Gasteiger partial charge < -0.3 is 15.1 Å². The van der Waals surface area contributed by atoms with Gasteiger partial charge in [0, 0.05) is 11.3 Å². The van der Waals surface area contributed by atoms with E-state index in [1.807, 2.05) is 31.2 Å².